The third-order valence-electron chi connectivity index (χ3n) is 3.85. The van der Waals surface area contributed by atoms with E-state index in [1.807, 2.05) is 0 Å². The first-order valence-electron chi connectivity index (χ1n) is 7.36. The van der Waals surface area contributed by atoms with Crippen LogP contribution in [-0.4, -0.2) is 14.8 Å². The zero-order valence-corrected chi connectivity index (χ0v) is 12.0. The van der Waals surface area contributed by atoms with E-state index in [0.717, 1.165) is 49.6 Å². The smallest absolute Gasteiger partial charge is 0.378 e. The number of nitrogens with one attached hydrogen (secondary N) is 1. The number of hydrogen-bond donors (Lipinski definition) is 1. The lowest BCUT2D eigenvalue weighted by molar-refractivity contribution is -0.137. The maximum Gasteiger partial charge on any atom is 0.416 e. The van der Waals surface area contributed by atoms with Crippen LogP contribution in [0.15, 0.2) is 24.3 Å². The minimum atomic E-state index is -4.30. The standard InChI is InChI=1S/C15H17F3N4/c16-15(17,18)11-5-7-12(8-6-11)19-10-14-21-20-13-4-2-1-3-9-22(13)14/h5-8,19H,1-4,9-10H2. The van der Waals surface area contributed by atoms with Gasteiger partial charge in [-0.05, 0) is 37.1 Å². The van der Waals surface area contributed by atoms with Crippen LogP contribution in [0.4, 0.5) is 18.9 Å². The van der Waals surface area contributed by atoms with Crippen molar-refractivity contribution in [1.29, 1.82) is 0 Å². The first-order chi connectivity index (χ1) is 10.5. The van der Waals surface area contributed by atoms with E-state index in [-0.39, 0.29) is 0 Å². The Hall–Kier alpha value is -2.05. The molecule has 0 saturated carbocycles. The zero-order chi connectivity index (χ0) is 15.6. The molecule has 1 aromatic carbocycles. The summed E-state index contributed by atoms with van der Waals surface area (Å²) in [7, 11) is 0. The predicted molar refractivity (Wildman–Crippen MR) is 76.3 cm³/mol. The Balaban J connectivity index is 1.67. The highest BCUT2D eigenvalue weighted by molar-refractivity contribution is 5.45. The summed E-state index contributed by atoms with van der Waals surface area (Å²) in [6.45, 7) is 1.37. The van der Waals surface area contributed by atoms with Crippen LogP contribution in [0.3, 0.4) is 0 Å². The molecule has 0 radical (unpaired) electrons. The topological polar surface area (TPSA) is 42.7 Å². The Morgan fingerprint density at radius 2 is 1.82 bits per heavy atom. The average molecular weight is 310 g/mol. The van der Waals surface area contributed by atoms with E-state index < -0.39 is 11.7 Å². The van der Waals surface area contributed by atoms with Gasteiger partial charge in [-0.15, -0.1) is 10.2 Å². The minimum Gasteiger partial charge on any atom is -0.378 e. The molecule has 1 aliphatic heterocycles. The van der Waals surface area contributed by atoms with Crippen molar-refractivity contribution in [2.75, 3.05) is 5.32 Å². The lowest BCUT2D eigenvalue weighted by Gasteiger charge is -2.10. The van der Waals surface area contributed by atoms with E-state index in [0.29, 0.717) is 12.2 Å². The Morgan fingerprint density at radius 3 is 2.55 bits per heavy atom. The van der Waals surface area contributed by atoms with Crippen molar-refractivity contribution in [2.45, 2.75) is 44.9 Å². The van der Waals surface area contributed by atoms with Gasteiger partial charge in [0, 0.05) is 18.7 Å². The van der Waals surface area contributed by atoms with Crippen molar-refractivity contribution < 1.29 is 13.2 Å². The van der Waals surface area contributed by atoms with Crippen molar-refractivity contribution in [3.05, 3.63) is 41.5 Å². The molecule has 0 unspecified atom stereocenters. The lowest BCUT2D eigenvalue weighted by Crippen LogP contribution is -2.10. The molecule has 1 aliphatic rings. The molecular weight excluding hydrogens is 293 g/mol. The van der Waals surface area contributed by atoms with Crippen LogP contribution in [0.1, 0.15) is 36.5 Å². The maximum absolute atomic E-state index is 12.5. The molecule has 2 heterocycles. The van der Waals surface area contributed by atoms with Crippen molar-refractivity contribution in [3.63, 3.8) is 0 Å². The number of nitrogens with zero attached hydrogens (tertiary/aromatic N) is 3. The van der Waals surface area contributed by atoms with E-state index in [9.17, 15) is 13.2 Å². The number of aryl methyl sites for hydroxylation is 1. The Bertz CT molecular complexity index is 631. The van der Waals surface area contributed by atoms with E-state index in [1.165, 1.54) is 18.6 Å². The zero-order valence-electron chi connectivity index (χ0n) is 12.0. The molecule has 0 bridgehead atoms. The van der Waals surface area contributed by atoms with Crippen LogP contribution in [0.25, 0.3) is 0 Å². The van der Waals surface area contributed by atoms with Crippen molar-refractivity contribution in [1.82, 2.24) is 14.8 Å². The van der Waals surface area contributed by atoms with E-state index in [4.69, 9.17) is 0 Å². The number of rotatable bonds is 3. The Morgan fingerprint density at radius 1 is 1.05 bits per heavy atom. The normalized spacial score (nSPS) is 15.2. The SMILES string of the molecule is FC(F)(F)c1ccc(NCc2nnc3n2CCCCC3)cc1. The van der Waals surface area contributed by atoms with Gasteiger partial charge < -0.3 is 9.88 Å². The van der Waals surface area contributed by atoms with Gasteiger partial charge in [0.25, 0.3) is 0 Å². The van der Waals surface area contributed by atoms with Crippen LogP contribution < -0.4 is 5.32 Å². The van der Waals surface area contributed by atoms with Gasteiger partial charge in [-0.3, -0.25) is 0 Å². The highest BCUT2D eigenvalue weighted by Gasteiger charge is 2.29. The summed E-state index contributed by atoms with van der Waals surface area (Å²) in [6.07, 6.45) is 0.0635. The van der Waals surface area contributed by atoms with Crippen LogP contribution in [0, 0.1) is 0 Å². The average Bonchev–Trinajstić information content (AvgIpc) is 2.72. The van der Waals surface area contributed by atoms with Gasteiger partial charge in [0.1, 0.15) is 5.82 Å². The van der Waals surface area contributed by atoms with Crippen LogP contribution in [-0.2, 0) is 25.7 Å². The highest BCUT2D eigenvalue weighted by Crippen LogP contribution is 2.29. The minimum absolute atomic E-state index is 0.457. The summed E-state index contributed by atoms with van der Waals surface area (Å²) < 4.78 is 39.7. The number of anilines is 1. The molecule has 4 nitrogen and oxygen atoms in total. The predicted octanol–water partition coefficient (Wildman–Crippen LogP) is 3.64. The fraction of sp³-hybridized carbons (Fsp3) is 0.467. The first-order valence-corrected chi connectivity index (χ1v) is 7.36. The maximum atomic E-state index is 12.5. The van der Waals surface area contributed by atoms with Gasteiger partial charge in [0.05, 0.1) is 12.1 Å². The van der Waals surface area contributed by atoms with E-state index in [1.54, 1.807) is 0 Å². The molecule has 7 heteroatoms. The lowest BCUT2D eigenvalue weighted by atomic mass is 10.2. The molecule has 1 aromatic heterocycles. The molecule has 22 heavy (non-hydrogen) atoms. The number of aromatic nitrogens is 3. The summed E-state index contributed by atoms with van der Waals surface area (Å²) in [5, 5.41) is 11.5. The Kier molecular flexibility index (Phi) is 4.04. The molecule has 2 aromatic rings. The molecule has 0 spiro atoms. The van der Waals surface area contributed by atoms with Gasteiger partial charge in [-0.2, -0.15) is 13.2 Å². The summed E-state index contributed by atoms with van der Waals surface area (Å²) in [4.78, 5) is 0. The fourth-order valence-corrected chi connectivity index (χ4v) is 2.63. The number of fused-ring (bicyclic) bond motifs is 1. The van der Waals surface area contributed by atoms with Crippen LogP contribution in [0.5, 0.6) is 0 Å². The molecule has 0 amide bonds. The number of benzene rings is 1. The first kappa shape index (κ1) is 14.9. The molecule has 0 atom stereocenters. The summed E-state index contributed by atoms with van der Waals surface area (Å²) in [5.41, 5.74) is -0.00614. The molecule has 1 N–H and O–H groups in total. The van der Waals surface area contributed by atoms with Crippen molar-refractivity contribution in [2.24, 2.45) is 0 Å². The van der Waals surface area contributed by atoms with Crippen molar-refractivity contribution in [3.8, 4) is 0 Å². The summed E-state index contributed by atoms with van der Waals surface area (Å²) in [5.74, 6) is 1.83. The molecule has 0 fully saturated rings. The molecular formula is C15H17F3N4. The van der Waals surface area contributed by atoms with E-state index in [2.05, 4.69) is 20.1 Å². The second-order valence-electron chi connectivity index (χ2n) is 5.42. The van der Waals surface area contributed by atoms with Gasteiger partial charge in [-0.1, -0.05) is 6.42 Å². The fourth-order valence-electron chi connectivity index (χ4n) is 2.63. The van der Waals surface area contributed by atoms with Crippen LogP contribution >= 0.6 is 0 Å². The summed E-state index contributed by atoms with van der Waals surface area (Å²) >= 11 is 0. The third kappa shape index (κ3) is 3.23. The quantitative estimate of drug-likeness (QED) is 0.941. The van der Waals surface area contributed by atoms with E-state index >= 15 is 0 Å². The molecule has 118 valence electrons. The molecule has 0 aliphatic carbocycles. The Labute approximate surface area is 126 Å². The molecule has 3 rings (SSSR count). The monoisotopic (exact) mass is 310 g/mol. The number of hydrogen-bond acceptors (Lipinski definition) is 3. The summed E-state index contributed by atoms with van der Waals surface area (Å²) in [6, 6.07) is 5.02. The second-order valence-corrected chi connectivity index (χ2v) is 5.42. The highest BCUT2D eigenvalue weighted by atomic mass is 19.4. The number of halogens is 3. The second kappa shape index (κ2) is 5.98. The van der Waals surface area contributed by atoms with Crippen molar-refractivity contribution >= 4 is 5.69 Å². The van der Waals surface area contributed by atoms with Gasteiger partial charge in [-0.25, -0.2) is 0 Å². The van der Waals surface area contributed by atoms with Gasteiger partial charge >= 0.3 is 6.18 Å². The largest absolute Gasteiger partial charge is 0.416 e. The number of alkyl halides is 3. The van der Waals surface area contributed by atoms with Gasteiger partial charge in [0.15, 0.2) is 5.82 Å². The van der Waals surface area contributed by atoms with Gasteiger partial charge in [0.2, 0.25) is 0 Å². The third-order valence-corrected chi connectivity index (χ3v) is 3.85. The molecule has 0 saturated heterocycles. The van der Waals surface area contributed by atoms with Crippen LogP contribution in [0.2, 0.25) is 0 Å².